The first-order chi connectivity index (χ1) is 6.06. The lowest BCUT2D eigenvalue weighted by molar-refractivity contribution is 0.0140. The number of aliphatic hydroxyl groups is 1. The van der Waals surface area contributed by atoms with Crippen LogP contribution in [0.1, 0.15) is 19.8 Å². The van der Waals surface area contributed by atoms with E-state index in [2.05, 4.69) is 6.58 Å². The number of hydrogen-bond acceptors (Lipinski definition) is 2. The van der Waals surface area contributed by atoms with E-state index in [1.807, 2.05) is 6.92 Å². The number of fused-ring (bicyclic) bond motifs is 1. The molecule has 1 aliphatic heterocycles. The van der Waals surface area contributed by atoms with Crippen molar-refractivity contribution in [2.45, 2.75) is 37.6 Å². The Morgan fingerprint density at radius 3 is 3.08 bits per heavy atom. The Kier molecular flexibility index (Phi) is 2.17. The van der Waals surface area contributed by atoms with Crippen molar-refractivity contribution in [2.75, 3.05) is 5.88 Å². The first-order valence-electron chi connectivity index (χ1n) is 4.68. The molecule has 0 aromatic heterocycles. The van der Waals surface area contributed by atoms with Gasteiger partial charge >= 0.3 is 0 Å². The maximum atomic E-state index is 9.87. The third-order valence-electron chi connectivity index (χ3n) is 3.19. The number of epoxide rings is 1. The summed E-state index contributed by atoms with van der Waals surface area (Å²) in [5.41, 5.74) is 0.415. The third-order valence-corrected chi connectivity index (χ3v) is 3.54. The Hall–Kier alpha value is -0.0500. The molecule has 3 heteroatoms. The van der Waals surface area contributed by atoms with Crippen molar-refractivity contribution in [1.82, 2.24) is 0 Å². The first-order valence-corrected chi connectivity index (χ1v) is 5.21. The lowest BCUT2D eigenvalue weighted by atomic mass is 9.77. The van der Waals surface area contributed by atoms with Crippen LogP contribution in [0.15, 0.2) is 12.2 Å². The highest BCUT2D eigenvalue weighted by Crippen LogP contribution is 2.48. The van der Waals surface area contributed by atoms with Crippen LogP contribution in [-0.2, 0) is 4.74 Å². The average molecular weight is 203 g/mol. The van der Waals surface area contributed by atoms with Crippen LogP contribution >= 0.6 is 11.6 Å². The van der Waals surface area contributed by atoms with E-state index in [4.69, 9.17) is 16.3 Å². The molecule has 1 saturated carbocycles. The summed E-state index contributed by atoms with van der Waals surface area (Å²) in [5.74, 6) is 0.863. The van der Waals surface area contributed by atoms with E-state index in [9.17, 15) is 5.11 Å². The molecular weight excluding hydrogens is 188 g/mol. The van der Waals surface area contributed by atoms with Crippen LogP contribution in [0.3, 0.4) is 0 Å². The second-order valence-corrected chi connectivity index (χ2v) is 4.58. The minimum absolute atomic E-state index is 0.0196. The predicted molar refractivity (Wildman–Crippen MR) is 51.9 cm³/mol. The van der Waals surface area contributed by atoms with Crippen LogP contribution in [-0.4, -0.2) is 28.8 Å². The molecule has 0 unspecified atom stereocenters. The van der Waals surface area contributed by atoms with Gasteiger partial charge in [0, 0.05) is 11.8 Å². The molecule has 0 radical (unpaired) electrons. The SMILES string of the molecule is C=C(CCl)[C@@H]1CC[C@@](C)(O)[C@H]2O[C@@H]12. The highest BCUT2D eigenvalue weighted by atomic mass is 35.5. The lowest BCUT2D eigenvalue weighted by Crippen LogP contribution is -2.39. The molecule has 2 fully saturated rings. The zero-order valence-electron chi connectivity index (χ0n) is 7.79. The van der Waals surface area contributed by atoms with Crippen LogP contribution in [0.25, 0.3) is 0 Å². The molecule has 74 valence electrons. The van der Waals surface area contributed by atoms with E-state index < -0.39 is 5.60 Å². The lowest BCUT2D eigenvalue weighted by Gasteiger charge is -2.29. The molecule has 0 aromatic rings. The third kappa shape index (κ3) is 1.51. The largest absolute Gasteiger partial charge is 0.387 e. The monoisotopic (exact) mass is 202 g/mol. The number of ether oxygens (including phenoxy) is 1. The highest BCUT2D eigenvalue weighted by Gasteiger charge is 2.58. The van der Waals surface area contributed by atoms with Gasteiger partial charge in [-0.1, -0.05) is 12.2 Å². The summed E-state index contributed by atoms with van der Waals surface area (Å²) >= 11 is 5.72. The quantitative estimate of drug-likeness (QED) is 0.420. The van der Waals surface area contributed by atoms with Crippen LogP contribution in [0, 0.1) is 5.92 Å². The minimum Gasteiger partial charge on any atom is -0.387 e. The molecule has 0 aromatic carbocycles. The normalized spacial score (nSPS) is 48.4. The number of halogens is 1. The van der Waals surface area contributed by atoms with Gasteiger partial charge in [0.15, 0.2) is 0 Å². The standard InChI is InChI=1S/C10H15ClO2/c1-6(5-11)7-3-4-10(2,12)9-8(7)13-9/h7-9,12H,1,3-5H2,2H3/t7-,8-,9-,10+/m0/s1. The van der Waals surface area contributed by atoms with E-state index in [-0.39, 0.29) is 12.2 Å². The van der Waals surface area contributed by atoms with Gasteiger partial charge in [-0.3, -0.25) is 0 Å². The molecule has 2 aliphatic rings. The van der Waals surface area contributed by atoms with Crippen molar-refractivity contribution >= 4 is 11.6 Å². The van der Waals surface area contributed by atoms with Crippen molar-refractivity contribution in [1.29, 1.82) is 0 Å². The molecule has 0 spiro atoms. The Bertz CT molecular complexity index is 237. The molecule has 1 saturated heterocycles. The fourth-order valence-corrected chi connectivity index (χ4v) is 2.42. The van der Waals surface area contributed by atoms with Gasteiger partial charge in [0.25, 0.3) is 0 Å². The van der Waals surface area contributed by atoms with Crippen molar-refractivity contribution in [3.05, 3.63) is 12.2 Å². The predicted octanol–water partition coefficient (Wildman–Crippen LogP) is 1.71. The summed E-state index contributed by atoms with van der Waals surface area (Å²) in [6.45, 7) is 5.77. The minimum atomic E-state index is -0.631. The van der Waals surface area contributed by atoms with Gasteiger partial charge in [0.1, 0.15) is 6.10 Å². The van der Waals surface area contributed by atoms with Crippen LogP contribution in [0.2, 0.25) is 0 Å². The van der Waals surface area contributed by atoms with Crippen LogP contribution in [0.4, 0.5) is 0 Å². The first kappa shape index (κ1) is 9.50. The molecule has 2 nitrogen and oxygen atoms in total. The molecule has 1 heterocycles. The van der Waals surface area contributed by atoms with Gasteiger partial charge in [0.05, 0.1) is 11.7 Å². The second kappa shape index (κ2) is 2.97. The Morgan fingerprint density at radius 1 is 1.77 bits per heavy atom. The van der Waals surface area contributed by atoms with Crippen molar-refractivity contribution in [3.63, 3.8) is 0 Å². The van der Waals surface area contributed by atoms with Crippen molar-refractivity contribution in [3.8, 4) is 0 Å². The number of hydrogen-bond donors (Lipinski definition) is 1. The van der Waals surface area contributed by atoms with Gasteiger partial charge in [-0.25, -0.2) is 0 Å². The molecule has 1 N–H and O–H groups in total. The topological polar surface area (TPSA) is 32.8 Å². The summed E-state index contributed by atoms with van der Waals surface area (Å²) < 4.78 is 5.46. The fourth-order valence-electron chi connectivity index (χ4n) is 2.22. The van der Waals surface area contributed by atoms with Gasteiger partial charge in [0.2, 0.25) is 0 Å². The second-order valence-electron chi connectivity index (χ2n) is 4.32. The van der Waals surface area contributed by atoms with Crippen LogP contribution in [0.5, 0.6) is 0 Å². The zero-order chi connectivity index (χ0) is 9.64. The van der Waals surface area contributed by atoms with Gasteiger partial charge in [-0.2, -0.15) is 0 Å². The van der Waals surface area contributed by atoms with E-state index in [1.54, 1.807) is 0 Å². The maximum Gasteiger partial charge on any atom is 0.113 e. The highest BCUT2D eigenvalue weighted by molar-refractivity contribution is 6.19. The fraction of sp³-hybridized carbons (Fsp3) is 0.800. The zero-order valence-corrected chi connectivity index (χ0v) is 8.55. The Morgan fingerprint density at radius 2 is 2.46 bits per heavy atom. The summed E-state index contributed by atoms with van der Waals surface area (Å²) in [6, 6.07) is 0. The summed E-state index contributed by atoms with van der Waals surface area (Å²) in [6.07, 6.45) is 1.93. The Labute approximate surface area is 83.5 Å². The maximum absolute atomic E-state index is 9.87. The van der Waals surface area contributed by atoms with Crippen molar-refractivity contribution < 1.29 is 9.84 Å². The summed E-state index contributed by atoms with van der Waals surface area (Å²) in [4.78, 5) is 0. The van der Waals surface area contributed by atoms with Crippen LogP contribution < -0.4 is 0 Å². The Balaban J connectivity index is 2.03. The molecule has 4 atom stereocenters. The number of rotatable bonds is 2. The van der Waals surface area contributed by atoms with Gasteiger partial charge in [-0.05, 0) is 19.8 Å². The molecule has 1 aliphatic carbocycles. The summed E-state index contributed by atoms with van der Waals surface area (Å²) in [5, 5.41) is 9.87. The van der Waals surface area contributed by atoms with E-state index in [1.165, 1.54) is 0 Å². The smallest absolute Gasteiger partial charge is 0.113 e. The molecule has 0 bridgehead atoms. The number of alkyl halides is 1. The molecular formula is C10H15ClO2. The van der Waals surface area contributed by atoms with E-state index in [0.29, 0.717) is 11.8 Å². The van der Waals surface area contributed by atoms with Gasteiger partial charge in [-0.15, -0.1) is 11.6 Å². The van der Waals surface area contributed by atoms with E-state index >= 15 is 0 Å². The molecule has 13 heavy (non-hydrogen) atoms. The van der Waals surface area contributed by atoms with E-state index in [0.717, 1.165) is 18.4 Å². The molecule has 2 rings (SSSR count). The summed E-state index contributed by atoms with van der Waals surface area (Å²) in [7, 11) is 0. The van der Waals surface area contributed by atoms with Gasteiger partial charge < -0.3 is 9.84 Å². The van der Waals surface area contributed by atoms with Crippen molar-refractivity contribution in [2.24, 2.45) is 5.92 Å². The average Bonchev–Trinajstić information content (AvgIpc) is 2.84. The molecule has 0 amide bonds.